The number of anilines is 1. The molecule has 0 aromatic heterocycles. The molecule has 1 aliphatic heterocycles. The molecule has 2 amide bonds. The van der Waals surface area contributed by atoms with Crippen molar-refractivity contribution in [3.8, 4) is 0 Å². The van der Waals surface area contributed by atoms with E-state index in [4.69, 9.17) is 11.6 Å². The fourth-order valence-corrected chi connectivity index (χ4v) is 3.85. The van der Waals surface area contributed by atoms with E-state index in [1.54, 1.807) is 22.7 Å². The number of rotatable bonds is 7. The summed E-state index contributed by atoms with van der Waals surface area (Å²) in [5.74, 6) is 1.65. The lowest BCUT2D eigenvalue weighted by Crippen LogP contribution is -2.30. The van der Waals surface area contributed by atoms with Crippen LogP contribution in [0.1, 0.15) is 28.8 Å². The highest BCUT2D eigenvalue weighted by Crippen LogP contribution is 2.25. The van der Waals surface area contributed by atoms with Crippen LogP contribution in [0, 0.1) is 0 Å². The first-order valence-electron chi connectivity index (χ1n) is 8.65. The molecule has 0 bridgehead atoms. The van der Waals surface area contributed by atoms with E-state index in [1.807, 2.05) is 42.5 Å². The van der Waals surface area contributed by atoms with Gasteiger partial charge in [-0.25, -0.2) is 0 Å². The van der Waals surface area contributed by atoms with Gasteiger partial charge in [0.25, 0.3) is 5.91 Å². The first-order valence-corrected chi connectivity index (χ1v) is 10.2. The van der Waals surface area contributed by atoms with Crippen molar-refractivity contribution in [2.75, 3.05) is 23.7 Å². The molecule has 0 radical (unpaired) electrons. The number of thioether (sulfide) groups is 1. The predicted molar refractivity (Wildman–Crippen MR) is 108 cm³/mol. The molecule has 2 aromatic rings. The number of carbonyl (C=O) groups excluding carboxylic acids is 2. The van der Waals surface area contributed by atoms with Gasteiger partial charge in [-0.2, -0.15) is 11.8 Å². The van der Waals surface area contributed by atoms with Crippen LogP contribution < -0.4 is 10.2 Å². The molecular weight excluding hydrogens is 368 g/mol. The van der Waals surface area contributed by atoms with Crippen LogP contribution in [0.3, 0.4) is 0 Å². The monoisotopic (exact) mass is 388 g/mol. The normalized spacial score (nSPS) is 13.9. The highest BCUT2D eigenvalue weighted by atomic mass is 35.5. The zero-order chi connectivity index (χ0) is 18.4. The molecule has 0 atom stereocenters. The van der Waals surface area contributed by atoms with Crippen LogP contribution in [-0.4, -0.2) is 30.7 Å². The maximum atomic E-state index is 12.5. The largest absolute Gasteiger partial charge is 0.351 e. The highest BCUT2D eigenvalue weighted by molar-refractivity contribution is 7.98. The molecule has 2 aromatic carbocycles. The number of benzene rings is 2. The van der Waals surface area contributed by atoms with Crippen LogP contribution in [-0.2, 0) is 10.5 Å². The average molecular weight is 389 g/mol. The Morgan fingerprint density at radius 2 is 1.92 bits per heavy atom. The van der Waals surface area contributed by atoms with Gasteiger partial charge >= 0.3 is 0 Å². The van der Waals surface area contributed by atoms with Gasteiger partial charge < -0.3 is 10.2 Å². The van der Waals surface area contributed by atoms with Crippen molar-refractivity contribution in [1.82, 2.24) is 5.32 Å². The Bertz CT molecular complexity index is 780. The summed E-state index contributed by atoms with van der Waals surface area (Å²) in [5.41, 5.74) is 2.48. The Morgan fingerprint density at radius 3 is 2.65 bits per heavy atom. The van der Waals surface area contributed by atoms with Crippen molar-refractivity contribution >= 4 is 40.9 Å². The SMILES string of the molecule is O=C(NCCSCc1ccc(Cl)cc1)c1ccccc1N1CCCC1=O. The van der Waals surface area contributed by atoms with Gasteiger partial charge in [0, 0.05) is 36.0 Å². The summed E-state index contributed by atoms with van der Waals surface area (Å²) in [6.45, 7) is 1.26. The van der Waals surface area contributed by atoms with E-state index in [2.05, 4.69) is 5.32 Å². The smallest absolute Gasteiger partial charge is 0.253 e. The number of carbonyl (C=O) groups is 2. The summed E-state index contributed by atoms with van der Waals surface area (Å²) in [5, 5.41) is 3.69. The van der Waals surface area contributed by atoms with Crippen molar-refractivity contribution < 1.29 is 9.59 Å². The molecular formula is C20H21ClN2O2S. The molecule has 3 rings (SSSR count). The lowest BCUT2D eigenvalue weighted by Gasteiger charge is -2.19. The lowest BCUT2D eigenvalue weighted by molar-refractivity contribution is -0.117. The molecule has 1 N–H and O–H groups in total. The van der Waals surface area contributed by atoms with E-state index < -0.39 is 0 Å². The quantitative estimate of drug-likeness (QED) is 0.725. The standard InChI is InChI=1S/C20H21ClN2O2S/c21-16-9-7-15(8-10-16)14-26-13-11-22-20(25)17-4-1-2-5-18(17)23-12-3-6-19(23)24/h1-2,4-5,7-10H,3,6,11-14H2,(H,22,25). The van der Waals surface area contributed by atoms with E-state index >= 15 is 0 Å². The second-order valence-electron chi connectivity index (χ2n) is 6.10. The summed E-state index contributed by atoms with van der Waals surface area (Å²) in [4.78, 5) is 26.2. The molecule has 26 heavy (non-hydrogen) atoms. The third kappa shape index (κ3) is 4.80. The van der Waals surface area contributed by atoms with E-state index in [0.29, 0.717) is 30.8 Å². The van der Waals surface area contributed by atoms with E-state index in [1.165, 1.54) is 5.56 Å². The van der Waals surface area contributed by atoms with Crippen molar-refractivity contribution in [2.24, 2.45) is 0 Å². The minimum atomic E-state index is -0.132. The van der Waals surface area contributed by atoms with Crippen LogP contribution in [0.4, 0.5) is 5.69 Å². The van der Waals surface area contributed by atoms with E-state index in [0.717, 1.165) is 22.9 Å². The summed E-state index contributed by atoms with van der Waals surface area (Å²) in [6.07, 6.45) is 1.40. The number of amides is 2. The Balaban J connectivity index is 1.49. The molecule has 0 spiro atoms. The number of nitrogens with one attached hydrogen (secondary N) is 1. The summed E-state index contributed by atoms with van der Waals surface area (Å²) >= 11 is 7.64. The fraction of sp³-hybridized carbons (Fsp3) is 0.300. The number of halogens is 1. The Kier molecular flexibility index (Phi) is 6.58. The lowest BCUT2D eigenvalue weighted by atomic mass is 10.1. The maximum Gasteiger partial charge on any atom is 0.253 e. The third-order valence-electron chi connectivity index (χ3n) is 4.23. The number of hydrogen-bond donors (Lipinski definition) is 1. The van der Waals surface area contributed by atoms with Crippen molar-refractivity contribution in [1.29, 1.82) is 0 Å². The zero-order valence-electron chi connectivity index (χ0n) is 14.4. The number of hydrogen-bond acceptors (Lipinski definition) is 3. The topological polar surface area (TPSA) is 49.4 Å². The molecule has 1 saturated heterocycles. The Labute approximate surface area is 162 Å². The first-order chi connectivity index (χ1) is 12.6. The van der Waals surface area contributed by atoms with E-state index in [9.17, 15) is 9.59 Å². The van der Waals surface area contributed by atoms with Gasteiger partial charge in [0.2, 0.25) is 5.91 Å². The first kappa shape index (κ1) is 18.8. The van der Waals surface area contributed by atoms with Gasteiger partial charge in [0.1, 0.15) is 0 Å². The highest BCUT2D eigenvalue weighted by Gasteiger charge is 2.25. The average Bonchev–Trinajstić information content (AvgIpc) is 3.08. The van der Waals surface area contributed by atoms with Crippen molar-refractivity contribution in [2.45, 2.75) is 18.6 Å². The molecule has 1 fully saturated rings. The molecule has 1 heterocycles. The van der Waals surface area contributed by atoms with Crippen molar-refractivity contribution in [3.63, 3.8) is 0 Å². The minimum Gasteiger partial charge on any atom is -0.351 e. The Hall–Kier alpha value is -1.98. The molecule has 1 aliphatic rings. The molecule has 0 aliphatic carbocycles. The number of nitrogens with zero attached hydrogens (tertiary/aromatic N) is 1. The Morgan fingerprint density at radius 1 is 1.15 bits per heavy atom. The predicted octanol–water partition coefficient (Wildman–Crippen LogP) is 4.13. The molecule has 0 saturated carbocycles. The van der Waals surface area contributed by atoms with Gasteiger partial charge in [-0.1, -0.05) is 35.9 Å². The second kappa shape index (κ2) is 9.10. The van der Waals surface area contributed by atoms with Gasteiger partial charge in [0.05, 0.1) is 11.3 Å². The number of para-hydroxylation sites is 1. The van der Waals surface area contributed by atoms with E-state index in [-0.39, 0.29) is 11.8 Å². The second-order valence-corrected chi connectivity index (χ2v) is 7.64. The minimum absolute atomic E-state index is 0.0868. The van der Waals surface area contributed by atoms with Crippen LogP contribution in [0.5, 0.6) is 0 Å². The van der Waals surface area contributed by atoms with Gasteiger partial charge in [-0.15, -0.1) is 0 Å². The maximum absolute atomic E-state index is 12.5. The molecule has 6 heteroatoms. The molecule has 0 unspecified atom stereocenters. The van der Waals surface area contributed by atoms with Crippen LogP contribution in [0.2, 0.25) is 5.02 Å². The fourth-order valence-electron chi connectivity index (χ4n) is 2.91. The van der Waals surface area contributed by atoms with Gasteiger partial charge in [-0.05, 0) is 36.2 Å². The summed E-state index contributed by atoms with van der Waals surface area (Å²) in [6, 6.07) is 15.1. The van der Waals surface area contributed by atoms with Crippen LogP contribution >= 0.6 is 23.4 Å². The van der Waals surface area contributed by atoms with Gasteiger partial charge in [-0.3, -0.25) is 9.59 Å². The molecule has 4 nitrogen and oxygen atoms in total. The zero-order valence-corrected chi connectivity index (χ0v) is 16.0. The third-order valence-corrected chi connectivity index (χ3v) is 5.51. The summed E-state index contributed by atoms with van der Waals surface area (Å²) in [7, 11) is 0. The van der Waals surface area contributed by atoms with Gasteiger partial charge in [0.15, 0.2) is 0 Å². The van der Waals surface area contributed by atoms with Crippen LogP contribution in [0.25, 0.3) is 0 Å². The van der Waals surface area contributed by atoms with Crippen molar-refractivity contribution in [3.05, 3.63) is 64.7 Å². The summed E-state index contributed by atoms with van der Waals surface area (Å²) < 4.78 is 0. The molecule has 136 valence electrons. The van der Waals surface area contributed by atoms with Crippen LogP contribution in [0.15, 0.2) is 48.5 Å².